The van der Waals surface area contributed by atoms with Crippen molar-refractivity contribution >= 4 is 72.3 Å². The average molecular weight is 671 g/mol. The van der Waals surface area contributed by atoms with Gasteiger partial charge in [-0.2, -0.15) is 0 Å². The average Bonchev–Trinajstić information content (AvgIpc) is 3.08. The van der Waals surface area contributed by atoms with E-state index in [2.05, 4.69) is 36.8 Å². The third-order valence-corrected chi connectivity index (χ3v) is 7.85. The van der Waals surface area contributed by atoms with Crippen LogP contribution in [0.25, 0.3) is 0 Å². The van der Waals surface area contributed by atoms with Crippen LogP contribution >= 0.6 is 55.2 Å². The van der Waals surface area contributed by atoms with E-state index < -0.39 is 17.3 Å². The molecule has 11 heteroatoms. The van der Waals surface area contributed by atoms with Gasteiger partial charge in [-0.3, -0.25) is 19.5 Å². The fourth-order valence-corrected chi connectivity index (χ4v) is 5.46. The number of pyridine rings is 1. The molecule has 1 saturated heterocycles. The second-order valence-electron chi connectivity index (χ2n) is 8.22. The standard InChI is InChI=1S/C20H17BrClNO5S.C6H6BrN/c1-20(9-13-8-14(21)4-7-16(13)28-11-17(24)25)18(26)23(19(27)29-20)10-12-2-5-15(22)6-3-12;7-5-6-1-3-8-4-2-6/h2-8H,9-11H2,1H3,(H,24,25);1-4H,5H2. The number of rotatable bonds is 8. The van der Waals surface area contributed by atoms with Gasteiger partial charge in [0, 0.05) is 27.2 Å². The SMILES string of the molecule is BrCc1ccncc1.CC1(Cc2cc(Br)ccc2OCC(=O)O)SC(=O)N(Cc2ccc(Cl)cc2)C1=O. The third kappa shape index (κ3) is 8.29. The predicted octanol–water partition coefficient (Wildman–Crippen LogP) is 6.74. The van der Waals surface area contributed by atoms with Crippen molar-refractivity contribution in [2.45, 2.75) is 30.0 Å². The number of carbonyl (C=O) groups excluding carboxylic acids is 2. The van der Waals surface area contributed by atoms with Crippen molar-refractivity contribution < 1.29 is 24.2 Å². The molecule has 0 spiro atoms. The Bertz CT molecular complexity index is 1260. The number of ether oxygens (including phenoxy) is 1. The molecule has 1 N–H and O–H groups in total. The molecule has 0 aliphatic carbocycles. The summed E-state index contributed by atoms with van der Waals surface area (Å²) in [5.41, 5.74) is 2.71. The Morgan fingerprint density at radius 1 is 1.11 bits per heavy atom. The van der Waals surface area contributed by atoms with E-state index in [1.54, 1.807) is 61.8 Å². The molecule has 7 nitrogen and oxygen atoms in total. The first-order valence-corrected chi connectivity index (χ1v) is 14.1. The van der Waals surface area contributed by atoms with Crippen molar-refractivity contribution in [2.75, 3.05) is 6.61 Å². The van der Waals surface area contributed by atoms with E-state index in [-0.39, 0.29) is 24.1 Å². The summed E-state index contributed by atoms with van der Waals surface area (Å²) in [6, 6.07) is 16.1. The first kappa shape index (κ1) is 29.2. The molecule has 0 saturated carbocycles. The summed E-state index contributed by atoms with van der Waals surface area (Å²) >= 11 is 13.6. The van der Waals surface area contributed by atoms with E-state index in [4.69, 9.17) is 21.4 Å². The second-order valence-corrected chi connectivity index (χ2v) is 11.6. The van der Waals surface area contributed by atoms with E-state index in [9.17, 15) is 14.4 Å². The first-order chi connectivity index (χ1) is 17.6. The summed E-state index contributed by atoms with van der Waals surface area (Å²) in [6.07, 6.45) is 3.79. The van der Waals surface area contributed by atoms with Crippen LogP contribution < -0.4 is 4.74 Å². The Kier molecular flexibility index (Phi) is 10.6. The maximum absolute atomic E-state index is 13.1. The van der Waals surface area contributed by atoms with Gasteiger partial charge in [0.25, 0.3) is 5.24 Å². The molecule has 2 amide bonds. The maximum atomic E-state index is 13.1. The number of hydrogen-bond donors (Lipinski definition) is 1. The third-order valence-electron chi connectivity index (χ3n) is 5.29. The summed E-state index contributed by atoms with van der Waals surface area (Å²) in [7, 11) is 0. The number of aliphatic carboxylic acids is 1. The molecule has 194 valence electrons. The molecule has 37 heavy (non-hydrogen) atoms. The number of hydrogen-bond acceptors (Lipinski definition) is 6. The van der Waals surface area contributed by atoms with Gasteiger partial charge in [0.05, 0.1) is 6.54 Å². The van der Waals surface area contributed by atoms with Gasteiger partial charge in [-0.15, -0.1) is 0 Å². The summed E-state index contributed by atoms with van der Waals surface area (Å²) in [5, 5.41) is 10.0. The van der Waals surface area contributed by atoms with Crippen LogP contribution in [0.1, 0.15) is 23.6 Å². The Balaban J connectivity index is 0.000000405. The molecular weight excluding hydrogens is 648 g/mol. The number of carboxylic acid groups (broad SMARTS) is 1. The quantitative estimate of drug-likeness (QED) is 0.265. The van der Waals surface area contributed by atoms with Crippen LogP contribution in [0.4, 0.5) is 4.79 Å². The molecule has 1 aliphatic heterocycles. The molecule has 1 unspecified atom stereocenters. The highest BCUT2D eigenvalue weighted by Crippen LogP contribution is 2.42. The van der Waals surface area contributed by atoms with Crippen LogP contribution in [0.3, 0.4) is 0 Å². The van der Waals surface area contributed by atoms with Crippen molar-refractivity contribution in [3.05, 3.63) is 93.2 Å². The Hall–Kier alpha value is -2.40. The van der Waals surface area contributed by atoms with Gasteiger partial charge in [-0.05, 0) is 84.3 Å². The minimum absolute atomic E-state index is 0.165. The number of imide groups is 1. The van der Waals surface area contributed by atoms with E-state index in [0.29, 0.717) is 16.3 Å². The number of halogens is 3. The molecule has 0 bridgehead atoms. The molecule has 3 aromatic rings. The zero-order chi connectivity index (χ0) is 27.0. The smallest absolute Gasteiger partial charge is 0.341 e. The Labute approximate surface area is 240 Å². The molecule has 2 heterocycles. The lowest BCUT2D eigenvalue weighted by Crippen LogP contribution is -2.38. The minimum Gasteiger partial charge on any atom is -0.482 e. The van der Waals surface area contributed by atoms with Crippen LogP contribution in [0, 0.1) is 0 Å². The van der Waals surface area contributed by atoms with Gasteiger partial charge in [0.15, 0.2) is 6.61 Å². The number of carbonyl (C=O) groups is 3. The van der Waals surface area contributed by atoms with Crippen molar-refractivity contribution in [1.82, 2.24) is 9.88 Å². The van der Waals surface area contributed by atoms with E-state index >= 15 is 0 Å². The number of nitrogens with zero attached hydrogens (tertiary/aromatic N) is 2. The lowest BCUT2D eigenvalue weighted by molar-refractivity contribution is -0.139. The van der Waals surface area contributed by atoms with Crippen LogP contribution in [-0.2, 0) is 27.9 Å². The molecular formula is C26H23Br2ClN2O5S. The first-order valence-electron chi connectivity index (χ1n) is 11.0. The van der Waals surface area contributed by atoms with E-state index in [0.717, 1.165) is 27.1 Å². The van der Waals surface area contributed by atoms with Crippen LogP contribution in [0.5, 0.6) is 5.75 Å². The van der Waals surface area contributed by atoms with Crippen LogP contribution in [0.15, 0.2) is 71.5 Å². The molecule has 1 atom stereocenters. The van der Waals surface area contributed by atoms with Gasteiger partial charge in [0.1, 0.15) is 10.5 Å². The lowest BCUT2D eigenvalue weighted by atomic mass is 9.98. The zero-order valence-electron chi connectivity index (χ0n) is 19.7. The van der Waals surface area contributed by atoms with Crippen molar-refractivity contribution in [2.24, 2.45) is 0 Å². The second kappa shape index (κ2) is 13.4. The highest BCUT2D eigenvalue weighted by molar-refractivity contribution is 9.10. The van der Waals surface area contributed by atoms with Gasteiger partial charge in [-0.1, -0.05) is 55.6 Å². The van der Waals surface area contributed by atoms with Gasteiger partial charge >= 0.3 is 5.97 Å². The fraction of sp³-hybridized carbons (Fsp3) is 0.231. The van der Waals surface area contributed by atoms with Gasteiger partial charge in [-0.25, -0.2) is 4.79 Å². The number of benzene rings is 2. The lowest BCUT2D eigenvalue weighted by Gasteiger charge is -2.22. The van der Waals surface area contributed by atoms with Gasteiger partial charge < -0.3 is 9.84 Å². The number of alkyl halides is 1. The predicted molar refractivity (Wildman–Crippen MR) is 151 cm³/mol. The van der Waals surface area contributed by atoms with E-state index in [1.807, 2.05) is 12.1 Å². The molecule has 2 aromatic carbocycles. The zero-order valence-corrected chi connectivity index (χ0v) is 24.4. The van der Waals surface area contributed by atoms with Crippen molar-refractivity contribution in [3.8, 4) is 5.75 Å². The monoisotopic (exact) mass is 668 g/mol. The minimum atomic E-state index is -1.10. The summed E-state index contributed by atoms with van der Waals surface area (Å²) in [6.45, 7) is 1.38. The van der Waals surface area contributed by atoms with Crippen LogP contribution in [0.2, 0.25) is 5.02 Å². The number of carboxylic acids is 1. The fourth-order valence-electron chi connectivity index (χ4n) is 3.48. The Morgan fingerprint density at radius 3 is 2.38 bits per heavy atom. The number of amides is 2. The highest BCUT2D eigenvalue weighted by Gasteiger charge is 2.49. The number of thioether (sulfide) groups is 1. The number of aromatic nitrogens is 1. The van der Waals surface area contributed by atoms with Gasteiger partial charge in [0.2, 0.25) is 5.91 Å². The summed E-state index contributed by atoms with van der Waals surface area (Å²) in [4.78, 5) is 41.6. The maximum Gasteiger partial charge on any atom is 0.341 e. The van der Waals surface area contributed by atoms with Crippen molar-refractivity contribution in [1.29, 1.82) is 0 Å². The summed E-state index contributed by atoms with van der Waals surface area (Å²) < 4.78 is 5.09. The topological polar surface area (TPSA) is 96.8 Å². The van der Waals surface area contributed by atoms with E-state index in [1.165, 1.54) is 10.5 Å². The molecule has 1 aliphatic rings. The van der Waals surface area contributed by atoms with Crippen molar-refractivity contribution in [3.63, 3.8) is 0 Å². The molecule has 0 radical (unpaired) electrons. The largest absolute Gasteiger partial charge is 0.482 e. The highest BCUT2D eigenvalue weighted by atomic mass is 79.9. The Morgan fingerprint density at radius 2 is 1.78 bits per heavy atom. The molecule has 4 rings (SSSR count). The van der Waals surface area contributed by atoms with Crippen LogP contribution in [-0.4, -0.2) is 43.5 Å². The molecule has 1 aromatic heterocycles. The summed E-state index contributed by atoms with van der Waals surface area (Å²) in [5.74, 6) is -1.03. The normalized spacial score (nSPS) is 16.8. The molecule has 1 fully saturated rings.